The SMILES string of the molecule is COc1cccc(C2CC(=O)Nc3c2ccc2c3nnn2C)n1. The van der Waals surface area contributed by atoms with E-state index < -0.39 is 0 Å². The van der Waals surface area contributed by atoms with Crippen molar-refractivity contribution in [3.05, 3.63) is 41.6 Å². The van der Waals surface area contributed by atoms with Crippen LogP contribution in [0.1, 0.15) is 23.6 Å². The zero-order valence-corrected chi connectivity index (χ0v) is 12.8. The van der Waals surface area contributed by atoms with Crippen LogP contribution in [-0.4, -0.2) is 33.0 Å². The number of nitrogens with zero attached hydrogens (tertiary/aromatic N) is 4. The van der Waals surface area contributed by atoms with Gasteiger partial charge in [-0.05, 0) is 17.7 Å². The first-order valence-electron chi connectivity index (χ1n) is 7.30. The maximum absolute atomic E-state index is 12.2. The highest BCUT2D eigenvalue weighted by Gasteiger charge is 2.30. The Labute approximate surface area is 132 Å². The number of anilines is 1. The Morgan fingerprint density at radius 2 is 2.17 bits per heavy atom. The third kappa shape index (κ3) is 2.12. The number of ether oxygens (including phenoxy) is 1. The van der Waals surface area contributed by atoms with Gasteiger partial charge in [0.2, 0.25) is 11.8 Å². The van der Waals surface area contributed by atoms with Crippen LogP contribution in [0.15, 0.2) is 30.3 Å². The fraction of sp³-hybridized carbons (Fsp3) is 0.250. The van der Waals surface area contributed by atoms with Gasteiger partial charge in [0, 0.05) is 25.5 Å². The fourth-order valence-electron chi connectivity index (χ4n) is 3.03. The zero-order chi connectivity index (χ0) is 16.0. The third-order valence-corrected chi connectivity index (χ3v) is 4.16. The summed E-state index contributed by atoms with van der Waals surface area (Å²) in [7, 11) is 3.41. The van der Waals surface area contributed by atoms with E-state index in [4.69, 9.17) is 4.74 Å². The van der Waals surface area contributed by atoms with Gasteiger partial charge < -0.3 is 10.1 Å². The highest BCUT2D eigenvalue weighted by Crippen LogP contribution is 2.39. The number of carbonyl (C=O) groups excluding carboxylic acids is 1. The van der Waals surface area contributed by atoms with E-state index in [9.17, 15) is 4.79 Å². The molecule has 23 heavy (non-hydrogen) atoms. The molecule has 1 unspecified atom stereocenters. The lowest BCUT2D eigenvalue weighted by Gasteiger charge is -2.25. The van der Waals surface area contributed by atoms with E-state index in [1.165, 1.54) is 0 Å². The molecule has 7 heteroatoms. The normalized spacial score (nSPS) is 17.0. The lowest BCUT2D eigenvalue weighted by molar-refractivity contribution is -0.116. The molecule has 0 fully saturated rings. The van der Waals surface area contributed by atoms with Crippen LogP contribution in [-0.2, 0) is 11.8 Å². The minimum Gasteiger partial charge on any atom is -0.481 e. The van der Waals surface area contributed by atoms with E-state index in [0.717, 1.165) is 22.5 Å². The number of amides is 1. The highest BCUT2D eigenvalue weighted by molar-refractivity contribution is 6.03. The Morgan fingerprint density at radius 1 is 1.30 bits per heavy atom. The largest absolute Gasteiger partial charge is 0.481 e. The molecule has 0 bridgehead atoms. The number of aryl methyl sites for hydroxylation is 1. The molecule has 1 amide bonds. The number of hydrogen-bond acceptors (Lipinski definition) is 5. The van der Waals surface area contributed by atoms with Gasteiger partial charge in [-0.1, -0.05) is 17.3 Å². The number of carbonyl (C=O) groups is 1. The van der Waals surface area contributed by atoms with E-state index in [1.54, 1.807) is 17.9 Å². The summed E-state index contributed by atoms with van der Waals surface area (Å²) in [5.74, 6) is 0.362. The fourth-order valence-corrected chi connectivity index (χ4v) is 3.03. The highest BCUT2D eigenvalue weighted by atomic mass is 16.5. The Balaban J connectivity index is 1.91. The number of hydrogen-bond donors (Lipinski definition) is 1. The molecule has 3 aromatic rings. The van der Waals surface area contributed by atoms with Crippen molar-refractivity contribution >= 4 is 22.6 Å². The van der Waals surface area contributed by atoms with Crippen LogP contribution in [0.2, 0.25) is 0 Å². The lowest BCUT2D eigenvalue weighted by Crippen LogP contribution is -2.24. The molecule has 1 aromatic carbocycles. The predicted octanol–water partition coefficient (Wildman–Crippen LogP) is 1.85. The first-order valence-corrected chi connectivity index (χ1v) is 7.30. The van der Waals surface area contributed by atoms with Crippen molar-refractivity contribution in [1.82, 2.24) is 20.0 Å². The number of aromatic nitrogens is 4. The van der Waals surface area contributed by atoms with Crippen LogP contribution in [0.5, 0.6) is 5.88 Å². The molecule has 0 saturated carbocycles. The number of nitrogens with one attached hydrogen (secondary N) is 1. The van der Waals surface area contributed by atoms with Gasteiger partial charge in [-0.3, -0.25) is 4.79 Å². The Hall–Kier alpha value is -2.96. The maximum Gasteiger partial charge on any atom is 0.225 e. The van der Waals surface area contributed by atoms with Gasteiger partial charge in [-0.2, -0.15) is 0 Å². The molecule has 3 heterocycles. The smallest absolute Gasteiger partial charge is 0.225 e. The van der Waals surface area contributed by atoms with Gasteiger partial charge in [0.05, 0.1) is 24.0 Å². The molecule has 0 aliphatic carbocycles. The van der Waals surface area contributed by atoms with Crippen molar-refractivity contribution in [3.8, 4) is 5.88 Å². The summed E-state index contributed by atoms with van der Waals surface area (Å²) in [5.41, 5.74) is 4.11. The molecule has 2 aromatic heterocycles. The Morgan fingerprint density at radius 3 is 3.00 bits per heavy atom. The van der Waals surface area contributed by atoms with Crippen LogP contribution in [0, 0.1) is 0 Å². The molecule has 116 valence electrons. The second kappa shape index (κ2) is 5.05. The van der Waals surface area contributed by atoms with Crippen LogP contribution in [0.25, 0.3) is 11.0 Å². The van der Waals surface area contributed by atoms with Crippen molar-refractivity contribution in [2.24, 2.45) is 7.05 Å². The van der Waals surface area contributed by atoms with Gasteiger partial charge in [-0.15, -0.1) is 5.10 Å². The Kier molecular flexibility index (Phi) is 3.00. The molecule has 1 atom stereocenters. The quantitative estimate of drug-likeness (QED) is 0.781. The first-order chi connectivity index (χ1) is 11.2. The van der Waals surface area contributed by atoms with Gasteiger partial charge in [0.15, 0.2) is 0 Å². The van der Waals surface area contributed by atoms with Gasteiger partial charge >= 0.3 is 0 Å². The van der Waals surface area contributed by atoms with Gasteiger partial charge in [0.25, 0.3) is 0 Å². The second-order valence-corrected chi connectivity index (χ2v) is 5.52. The summed E-state index contributed by atoms with van der Waals surface area (Å²) < 4.78 is 6.89. The summed E-state index contributed by atoms with van der Waals surface area (Å²) >= 11 is 0. The standard InChI is InChI=1S/C16H15N5O2/c1-21-12-7-6-9-10(11-4-3-5-14(17-11)23-2)8-13(22)18-15(9)16(12)19-20-21/h3-7,10H,8H2,1-2H3,(H,18,22). The number of rotatable bonds is 2. The summed E-state index contributed by atoms with van der Waals surface area (Å²) in [6.45, 7) is 0. The van der Waals surface area contributed by atoms with Crippen LogP contribution in [0.4, 0.5) is 5.69 Å². The van der Waals surface area contributed by atoms with Crippen molar-refractivity contribution in [3.63, 3.8) is 0 Å². The molecule has 1 aliphatic rings. The minimum absolute atomic E-state index is 0.0507. The minimum atomic E-state index is -0.125. The zero-order valence-electron chi connectivity index (χ0n) is 12.8. The molecular weight excluding hydrogens is 294 g/mol. The number of pyridine rings is 1. The summed E-state index contributed by atoms with van der Waals surface area (Å²) in [5, 5.41) is 11.1. The average Bonchev–Trinajstić information content (AvgIpc) is 2.96. The third-order valence-electron chi connectivity index (χ3n) is 4.16. The number of methoxy groups -OCH3 is 1. The van der Waals surface area contributed by atoms with E-state index in [0.29, 0.717) is 17.8 Å². The number of benzene rings is 1. The van der Waals surface area contributed by atoms with Crippen LogP contribution >= 0.6 is 0 Å². The van der Waals surface area contributed by atoms with Gasteiger partial charge in [0.1, 0.15) is 5.52 Å². The monoisotopic (exact) mass is 309 g/mol. The second-order valence-electron chi connectivity index (χ2n) is 5.52. The molecule has 1 aliphatic heterocycles. The topological polar surface area (TPSA) is 81.9 Å². The molecular formula is C16H15N5O2. The maximum atomic E-state index is 12.2. The summed E-state index contributed by atoms with van der Waals surface area (Å²) in [4.78, 5) is 16.7. The molecule has 0 saturated heterocycles. The Bertz CT molecular complexity index is 918. The van der Waals surface area contributed by atoms with Crippen LogP contribution < -0.4 is 10.1 Å². The molecule has 4 rings (SSSR count). The molecule has 0 spiro atoms. The van der Waals surface area contributed by atoms with Crippen molar-refractivity contribution in [2.75, 3.05) is 12.4 Å². The number of fused-ring (bicyclic) bond motifs is 3. The predicted molar refractivity (Wildman–Crippen MR) is 84.4 cm³/mol. The average molecular weight is 309 g/mol. The molecule has 0 radical (unpaired) electrons. The molecule has 7 nitrogen and oxygen atoms in total. The summed E-state index contributed by atoms with van der Waals surface area (Å²) in [6, 6.07) is 9.56. The van der Waals surface area contributed by atoms with E-state index in [-0.39, 0.29) is 11.8 Å². The van der Waals surface area contributed by atoms with E-state index in [1.807, 2.05) is 31.3 Å². The van der Waals surface area contributed by atoms with Crippen LogP contribution in [0.3, 0.4) is 0 Å². The van der Waals surface area contributed by atoms with Crippen molar-refractivity contribution in [1.29, 1.82) is 0 Å². The lowest BCUT2D eigenvalue weighted by atomic mass is 9.87. The first kappa shape index (κ1) is 13.7. The van der Waals surface area contributed by atoms with E-state index in [2.05, 4.69) is 20.6 Å². The van der Waals surface area contributed by atoms with Crippen molar-refractivity contribution in [2.45, 2.75) is 12.3 Å². The van der Waals surface area contributed by atoms with Crippen molar-refractivity contribution < 1.29 is 9.53 Å². The summed E-state index contributed by atoms with van der Waals surface area (Å²) in [6.07, 6.45) is 0.346. The van der Waals surface area contributed by atoms with Gasteiger partial charge in [-0.25, -0.2) is 9.67 Å². The molecule has 1 N–H and O–H groups in total. The van der Waals surface area contributed by atoms with E-state index >= 15 is 0 Å².